The van der Waals surface area contributed by atoms with Crippen LogP contribution in [0.25, 0.3) is 0 Å². The van der Waals surface area contributed by atoms with Gasteiger partial charge in [-0.05, 0) is 30.5 Å². The molecule has 124 valence electrons. The van der Waals surface area contributed by atoms with Crippen LogP contribution in [0.4, 0.5) is 0 Å². The second kappa shape index (κ2) is 7.32. The zero-order valence-corrected chi connectivity index (χ0v) is 13.9. The summed E-state index contributed by atoms with van der Waals surface area (Å²) in [5.41, 5.74) is 0.246. The molecule has 0 aliphatic rings. The van der Waals surface area contributed by atoms with Crippen LogP contribution in [0.5, 0.6) is 5.75 Å². The molecule has 0 spiro atoms. The summed E-state index contributed by atoms with van der Waals surface area (Å²) in [6.07, 6.45) is 0.678. The number of halogens is 1. The molecule has 7 nitrogen and oxygen atoms in total. The van der Waals surface area contributed by atoms with Crippen LogP contribution in [0.15, 0.2) is 23.0 Å². The fraction of sp³-hybridized carbons (Fsp3) is 0.400. The van der Waals surface area contributed by atoms with Crippen LogP contribution in [-0.4, -0.2) is 28.2 Å². The number of amides is 1. The van der Waals surface area contributed by atoms with Gasteiger partial charge in [0.2, 0.25) is 5.82 Å². The Labute approximate surface area is 138 Å². The van der Waals surface area contributed by atoms with Crippen LogP contribution in [0.2, 0.25) is 5.02 Å². The smallest absolute Gasteiger partial charge is 0.341 e. The van der Waals surface area contributed by atoms with E-state index in [1.54, 1.807) is 25.3 Å². The van der Waals surface area contributed by atoms with E-state index in [4.69, 9.17) is 16.3 Å². The van der Waals surface area contributed by atoms with Crippen molar-refractivity contribution < 1.29 is 9.53 Å². The molecule has 1 heterocycles. The number of ether oxygens (including phenoxy) is 1. The van der Waals surface area contributed by atoms with Crippen molar-refractivity contribution >= 4 is 17.5 Å². The Bertz CT molecular complexity index is 738. The Hall–Kier alpha value is -2.28. The highest BCUT2D eigenvalue weighted by Gasteiger charge is 2.22. The largest absolute Gasteiger partial charge is 0.496 e. The van der Waals surface area contributed by atoms with Gasteiger partial charge in [0.05, 0.1) is 13.2 Å². The van der Waals surface area contributed by atoms with E-state index in [0.29, 0.717) is 23.1 Å². The average molecular weight is 339 g/mol. The molecule has 0 saturated heterocycles. The number of carbonyl (C=O) groups excluding carboxylic acids is 1. The summed E-state index contributed by atoms with van der Waals surface area (Å²) in [7, 11) is 1.56. The molecule has 0 aliphatic heterocycles. The summed E-state index contributed by atoms with van der Waals surface area (Å²) in [4.78, 5) is 25.7. The van der Waals surface area contributed by atoms with E-state index in [9.17, 15) is 9.59 Å². The fourth-order valence-corrected chi connectivity index (χ4v) is 2.50. The van der Waals surface area contributed by atoms with Crippen LogP contribution >= 0.6 is 11.6 Å². The highest BCUT2D eigenvalue weighted by molar-refractivity contribution is 6.30. The number of aromatic nitrogens is 3. The van der Waals surface area contributed by atoms with Crippen molar-refractivity contribution in [3.8, 4) is 5.75 Å². The Kier molecular flexibility index (Phi) is 5.44. The molecular weight excluding hydrogens is 320 g/mol. The van der Waals surface area contributed by atoms with Crippen molar-refractivity contribution in [2.24, 2.45) is 5.92 Å². The maximum atomic E-state index is 12.3. The Morgan fingerprint density at radius 3 is 2.74 bits per heavy atom. The van der Waals surface area contributed by atoms with Gasteiger partial charge < -0.3 is 10.1 Å². The molecule has 0 fully saturated rings. The Balaban J connectivity index is 2.32. The van der Waals surface area contributed by atoms with E-state index < -0.39 is 11.6 Å². The van der Waals surface area contributed by atoms with Gasteiger partial charge in [0, 0.05) is 10.6 Å². The number of rotatable bonds is 6. The van der Waals surface area contributed by atoms with Crippen molar-refractivity contribution in [3.05, 3.63) is 45.1 Å². The van der Waals surface area contributed by atoms with Crippen LogP contribution in [0.3, 0.4) is 0 Å². The quantitative estimate of drug-likeness (QED) is 0.752. The zero-order valence-electron chi connectivity index (χ0n) is 13.1. The van der Waals surface area contributed by atoms with Gasteiger partial charge in [-0.1, -0.05) is 25.4 Å². The molecule has 0 radical (unpaired) electrons. The van der Waals surface area contributed by atoms with E-state index in [1.165, 1.54) is 0 Å². The highest BCUT2D eigenvalue weighted by Crippen LogP contribution is 2.32. The lowest BCUT2D eigenvalue weighted by Gasteiger charge is -2.22. The number of nitrogens with one attached hydrogen (secondary N) is 3. The van der Waals surface area contributed by atoms with Gasteiger partial charge in [0.1, 0.15) is 5.75 Å². The predicted octanol–water partition coefficient (Wildman–Crippen LogP) is 2.28. The molecule has 1 atom stereocenters. The summed E-state index contributed by atoms with van der Waals surface area (Å²) in [5, 5.41) is 9.23. The summed E-state index contributed by atoms with van der Waals surface area (Å²) in [6.45, 7) is 4.10. The maximum Gasteiger partial charge on any atom is 0.341 e. The first-order valence-corrected chi connectivity index (χ1v) is 7.57. The van der Waals surface area contributed by atoms with Gasteiger partial charge in [0.15, 0.2) is 0 Å². The first-order chi connectivity index (χ1) is 10.9. The van der Waals surface area contributed by atoms with Gasteiger partial charge in [0.25, 0.3) is 5.91 Å². The lowest BCUT2D eigenvalue weighted by atomic mass is 9.96. The minimum atomic E-state index is -0.532. The number of hydrogen-bond donors (Lipinski definition) is 3. The van der Waals surface area contributed by atoms with Gasteiger partial charge in [-0.25, -0.2) is 9.89 Å². The number of nitrogens with zero attached hydrogens (tertiary/aromatic N) is 1. The van der Waals surface area contributed by atoms with E-state index in [-0.39, 0.29) is 11.9 Å². The van der Waals surface area contributed by atoms with E-state index in [2.05, 4.69) is 20.5 Å². The molecule has 0 bridgehead atoms. The molecule has 1 amide bonds. The lowest BCUT2D eigenvalue weighted by Crippen LogP contribution is -2.31. The summed E-state index contributed by atoms with van der Waals surface area (Å²) in [5.74, 6) is 0.416. The zero-order chi connectivity index (χ0) is 17.0. The maximum absolute atomic E-state index is 12.3. The fourth-order valence-electron chi connectivity index (χ4n) is 2.32. The summed E-state index contributed by atoms with van der Waals surface area (Å²) >= 11 is 6.08. The van der Waals surface area contributed by atoms with Crippen molar-refractivity contribution in [1.82, 2.24) is 20.5 Å². The third-order valence-electron chi connectivity index (χ3n) is 3.30. The molecule has 8 heteroatoms. The molecule has 0 saturated carbocycles. The topological polar surface area (TPSA) is 99.9 Å². The molecule has 2 rings (SSSR count). The molecule has 1 aromatic heterocycles. The predicted molar refractivity (Wildman–Crippen MR) is 86.9 cm³/mol. The summed E-state index contributed by atoms with van der Waals surface area (Å²) < 4.78 is 5.36. The summed E-state index contributed by atoms with van der Waals surface area (Å²) in [6, 6.07) is 4.93. The van der Waals surface area contributed by atoms with Crippen molar-refractivity contribution in [2.75, 3.05) is 7.11 Å². The molecular formula is C15H19ClN4O3. The van der Waals surface area contributed by atoms with Crippen LogP contribution < -0.4 is 15.7 Å². The van der Waals surface area contributed by atoms with E-state index >= 15 is 0 Å². The van der Waals surface area contributed by atoms with Crippen LogP contribution in [-0.2, 0) is 0 Å². The first kappa shape index (κ1) is 17.1. The number of methoxy groups -OCH3 is 1. The lowest BCUT2D eigenvalue weighted by molar-refractivity contribution is 0.0921. The van der Waals surface area contributed by atoms with Crippen LogP contribution in [0.1, 0.15) is 42.5 Å². The second-order valence-corrected chi connectivity index (χ2v) is 6.00. The van der Waals surface area contributed by atoms with Gasteiger partial charge >= 0.3 is 5.69 Å². The van der Waals surface area contributed by atoms with Crippen molar-refractivity contribution in [3.63, 3.8) is 0 Å². The minimum Gasteiger partial charge on any atom is -0.496 e. The SMILES string of the molecule is COc1ccc(Cl)cc1[C@@H](CC(C)C)NC(=O)c1n[nH]c(=O)[nH]1. The number of carbonyl (C=O) groups is 1. The molecule has 3 N–H and O–H groups in total. The molecule has 0 aliphatic carbocycles. The van der Waals surface area contributed by atoms with E-state index in [1.807, 2.05) is 13.8 Å². The molecule has 0 unspecified atom stereocenters. The van der Waals surface area contributed by atoms with Crippen LogP contribution in [0, 0.1) is 5.92 Å². The van der Waals surface area contributed by atoms with Gasteiger partial charge in [-0.15, -0.1) is 5.10 Å². The Morgan fingerprint density at radius 2 is 2.17 bits per heavy atom. The first-order valence-electron chi connectivity index (χ1n) is 7.19. The third-order valence-corrected chi connectivity index (χ3v) is 3.53. The number of benzene rings is 1. The number of hydrogen-bond acceptors (Lipinski definition) is 4. The molecule has 23 heavy (non-hydrogen) atoms. The average Bonchev–Trinajstić information content (AvgIpc) is 2.92. The monoisotopic (exact) mass is 338 g/mol. The number of aromatic amines is 2. The third kappa shape index (κ3) is 4.35. The standard InChI is InChI=1S/C15H19ClN4O3/c1-8(2)6-11(10-7-9(16)4-5-12(10)23-3)17-14(21)13-18-15(22)20-19-13/h4-5,7-8,11H,6H2,1-3H3,(H,17,21)(H2,18,19,20,22)/t11-/m1/s1. The van der Waals surface area contributed by atoms with Gasteiger partial charge in [-0.2, -0.15) is 0 Å². The van der Waals surface area contributed by atoms with E-state index in [0.717, 1.165) is 5.56 Å². The molecule has 1 aromatic carbocycles. The Morgan fingerprint density at radius 1 is 1.43 bits per heavy atom. The normalized spacial score (nSPS) is 12.2. The minimum absolute atomic E-state index is 0.0650. The molecule has 2 aromatic rings. The van der Waals surface area contributed by atoms with Crippen molar-refractivity contribution in [2.45, 2.75) is 26.3 Å². The van der Waals surface area contributed by atoms with Gasteiger partial charge in [-0.3, -0.25) is 9.78 Å². The second-order valence-electron chi connectivity index (χ2n) is 5.57. The number of H-pyrrole nitrogens is 2. The highest BCUT2D eigenvalue weighted by atomic mass is 35.5. The van der Waals surface area contributed by atoms with Crippen molar-refractivity contribution in [1.29, 1.82) is 0 Å².